The first kappa shape index (κ1) is 23.9. The van der Waals surface area contributed by atoms with Crippen LogP contribution in [0.4, 0.5) is 5.13 Å². The predicted molar refractivity (Wildman–Crippen MR) is 147 cm³/mol. The first-order valence-corrected chi connectivity index (χ1v) is 12.6. The summed E-state index contributed by atoms with van der Waals surface area (Å²) in [5.41, 5.74) is 5.84. The van der Waals surface area contributed by atoms with Gasteiger partial charge in [0, 0.05) is 46.8 Å². The molecule has 38 heavy (non-hydrogen) atoms. The number of amides is 1. The maximum absolute atomic E-state index is 13.4. The number of hydrogen-bond donors (Lipinski definition) is 1. The van der Waals surface area contributed by atoms with E-state index in [-0.39, 0.29) is 5.91 Å². The molecule has 6 aromatic rings. The van der Waals surface area contributed by atoms with Gasteiger partial charge < -0.3 is 9.30 Å². The van der Waals surface area contributed by atoms with Gasteiger partial charge >= 0.3 is 0 Å². The molecule has 0 saturated heterocycles. The van der Waals surface area contributed by atoms with Gasteiger partial charge in [0.15, 0.2) is 21.3 Å². The predicted octanol–water partition coefficient (Wildman–Crippen LogP) is 5.32. The summed E-state index contributed by atoms with van der Waals surface area (Å²) in [6.07, 6.45) is 6.61. The number of methoxy groups -OCH3 is 1. The van der Waals surface area contributed by atoms with Crippen molar-refractivity contribution >= 4 is 55.6 Å². The van der Waals surface area contributed by atoms with E-state index in [0.717, 1.165) is 22.4 Å². The van der Waals surface area contributed by atoms with Crippen LogP contribution in [-0.2, 0) is 7.05 Å². The molecule has 0 radical (unpaired) electrons. The number of nitrogens with one attached hydrogen (secondary N) is 1. The van der Waals surface area contributed by atoms with Crippen LogP contribution in [0.15, 0.2) is 55.2 Å². The summed E-state index contributed by atoms with van der Waals surface area (Å²) in [4.78, 5) is 40.7. The van der Waals surface area contributed by atoms with E-state index in [1.165, 1.54) is 17.5 Å². The topological polar surface area (TPSA) is 121 Å². The zero-order valence-electron chi connectivity index (χ0n) is 20.4. The lowest BCUT2D eigenvalue weighted by molar-refractivity contribution is 0.102. The van der Waals surface area contributed by atoms with Gasteiger partial charge in [-0.15, -0.1) is 0 Å². The molecule has 5 heterocycles. The molecule has 0 fully saturated rings. The van der Waals surface area contributed by atoms with Crippen LogP contribution in [-0.4, -0.2) is 47.5 Å². The third-order valence-corrected chi connectivity index (χ3v) is 7.02. The second-order valence-electron chi connectivity index (χ2n) is 8.50. The lowest BCUT2D eigenvalue weighted by Crippen LogP contribution is -2.14. The van der Waals surface area contributed by atoms with E-state index in [1.54, 1.807) is 44.0 Å². The lowest BCUT2D eigenvalue weighted by Gasteiger charge is -2.13. The number of halogens is 1. The van der Waals surface area contributed by atoms with Crippen molar-refractivity contribution in [3.05, 3.63) is 71.5 Å². The third kappa shape index (κ3) is 4.31. The standard InChI is InChI=1S/C26H19ClN8O2S/c1-13-6-16(17-8-15(27)4-5-21(17)37-3)18(10-28-13)24(36)34-26-33-22-25(38-26)32-20(11-29-22)14-7-19-23(30-9-14)35(2)12-31-19/h4-12H,1-3H3,(H,29,33,34,36). The largest absolute Gasteiger partial charge is 0.496 e. The number of rotatable bonds is 5. The molecule has 6 rings (SSSR count). The Balaban J connectivity index is 1.32. The van der Waals surface area contributed by atoms with Crippen LogP contribution < -0.4 is 10.1 Å². The quantitative estimate of drug-likeness (QED) is 0.311. The Labute approximate surface area is 225 Å². The summed E-state index contributed by atoms with van der Waals surface area (Å²) < 4.78 is 7.36. The zero-order valence-corrected chi connectivity index (χ0v) is 22.0. The summed E-state index contributed by atoms with van der Waals surface area (Å²) in [6, 6.07) is 8.99. The minimum Gasteiger partial charge on any atom is -0.496 e. The molecule has 0 atom stereocenters. The number of imidazole rings is 1. The molecule has 188 valence electrons. The molecule has 0 aliphatic carbocycles. The van der Waals surface area contributed by atoms with Crippen molar-refractivity contribution in [2.75, 3.05) is 12.4 Å². The summed E-state index contributed by atoms with van der Waals surface area (Å²) in [5.74, 6) is 0.215. The fourth-order valence-corrected chi connectivity index (χ4v) is 5.05. The fraction of sp³-hybridized carbons (Fsp3) is 0.115. The number of aromatic nitrogens is 7. The average molecular weight is 543 g/mol. The highest BCUT2D eigenvalue weighted by molar-refractivity contribution is 7.21. The van der Waals surface area contributed by atoms with Gasteiger partial charge in [0.05, 0.1) is 30.9 Å². The highest BCUT2D eigenvalue weighted by Gasteiger charge is 2.19. The van der Waals surface area contributed by atoms with Crippen LogP contribution in [0.25, 0.3) is 44.0 Å². The van der Waals surface area contributed by atoms with Crippen molar-refractivity contribution in [2.45, 2.75) is 6.92 Å². The Morgan fingerprint density at radius 1 is 1.03 bits per heavy atom. The first-order chi connectivity index (χ1) is 18.4. The van der Waals surface area contributed by atoms with Crippen LogP contribution >= 0.6 is 22.9 Å². The van der Waals surface area contributed by atoms with E-state index in [1.807, 2.05) is 30.7 Å². The van der Waals surface area contributed by atoms with Crippen molar-refractivity contribution in [2.24, 2.45) is 7.05 Å². The van der Waals surface area contributed by atoms with Crippen molar-refractivity contribution in [1.29, 1.82) is 0 Å². The SMILES string of the molecule is COc1ccc(Cl)cc1-c1cc(C)ncc1C(=O)Nc1nc2ncc(-c3cnc4c(c3)ncn4C)nc2s1. The van der Waals surface area contributed by atoms with Gasteiger partial charge in [0.25, 0.3) is 5.91 Å². The minimum absolute atomic E-state index is 0.353. The van der Waals surface area contributed by atoms with Crippen molar-refractivity contribution < 1.29 is 9.53 Å². The molecule has 1 aromatic carbocycles. The highest BCUT2D eigenvalue weighted by Crippen LogP contribution is 2.35. The Bertz CT molecular complexity index is 1870. The number of anilines is 1. The molecule has 0 saturated carbocycles. The fourth-order valence-electron chi connectivity index (χ4n) is 4.09. The van der Waals surface area contributed by atoms with E-state index >= 15 is 0 Å². The molecule has 0 bridgehead atoms. The number of ether oxygens (including phenoxy) is 1. The maximum Gasteiger partial charge on any atom is 0.259 e. The third-order valence-electron chi connectivity index (χ3n) is 5.93. The molecular weight excluding hydrogens is 524 g/mol. The second kappa shape index (κ2) is 9.43. The molecule has 0 aliphatic heterocycles. The van der Waals surface area contributed by atoms with Gasteiger partial charge in [0.1, 0.15) is 11.3 Å². The number of benzene rings is 1. The highest BCUT2D eigenvalue weighted by atomic mass is 35.5. The van der Waals surface area contributed by atoms with Gasteiger partial charge in [-0.05, 0) is 37.3 Å². The number of hydrogen-bond acceptors (Lipinski definition) is 9. The molecular formula is C26H19ClN8O2S. The smallest absolute Gasteiger partial charge is 0.259 e. The minimum atomic E-state index is -0.376. The molecule has 1 N–H and O–H groups in total. The normalized spacial score (nSPS) is 11.3. The van der Waals surface area contributed by atoms with Gasteiger partial charge in [-0.25, -0.2) is 19.9 Å². The summed E-state index contributed by atoms with van der Waals surface area (Å²) in [5, 5.41) is 3.76. The van der Waals surface area contributed by atoms with E-state index in [2.05, 4.69) is 30.2 Å². The molecule has 0 aliphatic rings. The molecule has 10 nitrogen and oxygen atoms in total. The van der Waals surface area contributed by atoms with Crippen LogP contribution in [0.5, 0.6) is 5.75 Å². The maximum atomic E-state index is 13.4. The number of pyridine rings is 2. The lowest BCUT2D eigenvalue weighted by atomic mass is 9.99. The number of thiazole rings is 1. The van der Waals surface area contributed by atoms with Gasteiger partial charge in [-0.1, -0.05) is 22.9 Å². The number of aryl methyl sites for hydroxylation is 2. The number of carbonyl (C=O) groups excluding carboxylic acids is 1. The molecule has 0 unspecified atom stereocenters. The van der Waals surface area contributed by atoms with Crippen LogP contribution in [0.3, 0.4) is 0 Å². The van der Waals surface area contributed by atoms with E-state index in [0.29, 0.717) is 48.8 Å². The van der Waals surface area contributed by atoms with Crippen molar-refractivity contribution in [3.63, 3.8) is 0 Å². The summed E-state index contributed by atoms with van der Waals surface area (Å²) in [6.45, 7) is 1.85. The van der Waals surface area contributed by atoms with E-state index < -0.39 is 0 Å². The van der Waals surface area contributed by atoms with Crippen LogP contribution in [0.2, 0.25) is 5.02 Å². The molecule has 1 amide bonds. The Hall–Kier alpha value is -4.48. The summed E-state index contributed by atoms with van der Waals surface area (Å²) in [7, 11) is 3.46. The Morgan fingerprint density at radius 2 is 1.89 bits per heavy atom. The Kier molecular flexibility index (Phi) is 5.93. The van der Waals surface area contributed by atoms with Crippen molar-refractivity contribution in [3.8, 4) is 28.1 Å². The first-order valence-electron chi connectivity index (χ1n) is 11.4. The number of carbonyl (C=O) groups is 1. The monoisotopic (exact) mass is 542 g/mol. The molecule has 5 aromatic heterocycles. The number of fused-ring (bicyclic) bond motifs is 2. The number of nitrogens with zero attached hydrogens (tertiary/aromatic N) is 7. The summed E-state index contributed by atoms with van der Waals surface area (Å²) >= 11 is 7.48. The van der Waals surface area contributed by atoms with Gasteiger partial charge in [-0.3, -0.25) is 15.1 Å². The van der Waals surface area contributed by atoms with Gasteiger partial charge in [0.2, 0.25) is 0 Å². The second-order valence-corrected chi connectivity index (χ2v) is 9.91. The van der Waals surface area contributed by atoms with Gasteiger partial charge in [-0.2, -0.15) is 4.98 Å². The zero-order chi connectivity index (χ0) is 26.4. The average Bonchev–Trinajstić information content (AvgIpc) is 3.50. The van der Waals surface area contributed by atoms with E-state index in [4.69, 9.17) is 21.3 Å². The van der Waals surface area contributed by atoms with Crippen molar-refractivity contribution in [1.82, 2.24) is 34.5 Å². The Morgan fingerprint density at radius 3 is 2.74 bits per heavy atom. The molecule has 0 spiro atoms. The van der Waals surface area contributed by atoms with E-state index in [9.17, 15) is 4.79 Å². The van der Waals surface area contributed by atoms with Crippen LogP contribution in [0.1, 0.15) is 16.1 Å². The molecule has 12 heteroatoms. The van der Waals surface area contributed by atoms with Crippen LogP contribution in [0, 0.1) is 6.92 Å².